The Kier molecular flexibility index (Phi) is 8.19. The van der Waals surface area contributed by atoms with Crippen LogP contribution in [0.4, 0.5) is 0 Å². The fourth-order valence-electron chi connectivity index (χ4n) is 7.01. The van der Waals surface area contributed by atoms with E-state index in [1.165, 1.54) is 5.56 Å². The molecule has 2 fully saturated rings. The van der Waals surface area contributed by atoms with Crippen molar-refractivity contribution in [1.82, 2.24) is 4.90 Å². The summed E-state index contributed by atoms with van der Waals surface area (Å²) in [6.07, 6.45) is 2.63. The predicted molar refractivity (Wildman–Crippen MR) is 131 cm³/mol. The van der Waals surface area contributed by atoms with Gasteiger partial charge in [-0.25, -0.2) is 0 Å². The van der Waals surface area contributed by atoms with Gasteiger partial charge < -0.3 is 43.5 Å². The monoisotopic (exact) mass is 507 g/mol. The highest BCUT2D eigenvalue weighted by Crippen LogP contribution is 2.64. The number of ether oxygens (including phenoxy) is 6. The van der Waals surface area contributed by atoms with E-state index in [1.807, 2.05) is 6.07 Å². The first-order valence-corrected chi connectivity index (χ1v) is 13.3. The third-order valence-corrected chi connectivity index (χ3v) is 8.68. The Hall–Kier alpha value is -1.30. The van der Waals surface area contributed by atoms with Gasteiger partial charge >= 0.3 is 0 Å². The van der Waals surface area contributed by atoms with Crippen molar-refractivity contribution in [1.29, 1.82) is 0 Å². The molecule has 2 N–H and O–H groups in total. The topological polar surface area (TPSA) is 99.1 Å². The van der Waals surface area contributed by atoms with Crippen molar-refractivity contribution in [2.75, 3.05) is 73.6 Å². The first kappa shape index (κ1) is 26.3. The van der Waals surface area contributed by atoms with E-state index in [0.717, 1.165) is 42.7 Å². The molecule has 1 spiro atoms. The molecule has 0 amide bonds. The maximum atomic E-state index is 12.2. The molecule has 202 valence electrons. The lowest BCUT2D eigenvalue weighted by atomic mass is 9.48. The van der Waals surface area contributed by atoms with E-state index in [4.69, 9.17) is 28.4 Å². The average molecular weight is 508 g/mol. The fourth-order valence-corrected chi connectivity index (χ4v) is 7.01. The summed E-state index contributed by atoms with van der Waals surface area (Å²) in [6.45, 7) is 5.00. The zero-order valence-electron chi connectivity index (χ0n) is 21.6. The number of nitrogens with zero attached hydrogens (tertiary/aromatic N) is 1. The molecular weight excluding hydrogens is 466 g/mol. The highest BCUT2D eigenvalue weighted by Gasteiger charge is 2.72. The van der Waals surface area contributed by atoms with Gasteiger partial charge in [-0.1, -0.05) is 12.1 Å². The second-order valence-electron chi connectivity index (χ2n) is 10.4. The summed E-state index contributed by atoms with van der Waals surface area (Å²) < 4.78 is 34.5. The Morgan fingerprint density at radius 1 is 1.00 bits per heavy atom. The van der Waals surface area contributed by atoms with Crippen molar-refractivity contribution in [2.45, 2.75) is 61.6 Å². The van der Waals surface area contributed by atoms with Gasteiger partial charge in [0, 0.05) is 24.3 Å². The average Bonchev–Trinajstić information content (AvgIpc) is 3.23. The summed E-state index contributed by atoms with van der Waals surface area (Å²) in [7, 11) is 3.77. The Balaban J connectivity index is 1.17. The number of piperidine rings is 1. The van der Waals surface area contributed by atoms with E-state index >= 15 is 0 Å². The van der Waals surface area contributed by atoms with Crippen molar-refractivity contribution in [2.24, 2.45) is 0 Å². The van der Waals surface area contributed by atoms with Gasteiger partial charge in [-0.2, -0.15) is 0 Å². The van der Waals surface area contributed by atoms with Gasteiger partial charge in [0.15, 0.2) is 0 Å². The number of hydrogen-bond acceptors (Lipinski definition) is 9. The van der Waals surface area contributed by atoms with E-state index in [9.17, 15) is 10.2 Å². The lowest BCUT2D eigenvalue weighted by molar-refractivity contribution is -0.213. The second kappa shape index (κ2) is 11.2. The maximum Gasteiger partial charge on any atom is 0.137 e. The van der Waals surface area contributed by atoms with Crippen LogP contribution in [0.5, 0.6) is 5.75 Å². The second-order valence-corrected chi connectivity index (χ2v) is 10.4. The molecular formula is C27H41NO8. The third-order valence-electron chi connectivity index (χ3n) is 8.68. The smallest absolute Gasteiger partial charge is 0.137 e. The maximum absolute atomic E-state index is 12.2. The zero-order chi connectivity index (χ0) is 25.2. The van der Waals surface area contributed by atoms with Crippen molar-refractivity contribution in [3.63, 3.8) is 0 Å². The molecule has 5 rings (SSSR count). The van der Waals surface area contributed by atoms with Crippen molar-refractivity contribution < 1.29 is 38.6 Å². The molecule has 36 heavy (non-hydrogen) atoms. The summed E-state index contributed by atoms with van der Waals surface area (Å²) in [4.78, 5) is 2.31. The molecule has 2 aliphatic heterocycles. The van der Waals surface area contributed by atoms with Gasteiger partial charge in [-0.3, -0.25) is 0 Å². The Morgan fingerprint density at radius 2 is 1.69 bits per heavy atom. The van der Waals surface area contributed by atoms with Crippen LogP contribution in [0.25, 0.3) is 0 Å². The summed E-state index contributed by atoms with van der Waals surface area (Å²) >= 11 is 0. The molecule has 2 bridgehead atoms. The van der Waals surface area contributed by atoms with Crippen molar-refractivity contribution >= 4 is 0 Å². The van der Waals surface area contributed by atoms with Crippen LogP contribution in [0.3, 0.4) is 0 Å². The van der Waals surface area contributed by atoms with Crippen LogP contribution >= 0.6 is 0 Å². The lowest BCUT2D eigenvalue weighted by Crippen LogP contribution is -2.76. The minimum atomic E-state index is -0.863. The molecule has 1 aromatic carbocycles. The van der Waals surface area contributed by atoms with Gasteiger partial charge in [-0.15, -0.1) is 0 Å². The standard InChI is InChI=1S/C27H41NO8/c1-28-8-7-26-23-19-3-4-20(18-29)24(23)36-25(26)21(5-6-27(26,30)22(28)17-19)35-16-15-34-14-13-33-12-11-32-10-9-31-2/h3-4,21-22,25,29-30H,5-18H2,1-2H3/t21-,22?,25-,26-,27+/m0/s1. The van der Waals surface area contributed by atoms with Crippen LogP contribution in [-0.2, 0) is 42.1 Å². The molecule has 9 nitrogen and oxygen atoms in total. The lowest BCUT2D eigenvalue weighted by Gasteiger charge is -2.63. The SMILES string of the molecule is COCCOCCOCCOCCO[C@H]1CC[C@@]2(O)C3Cc4ccc(CO)c5c4[C@@]2(CCN3C)[C@H]1O5. The van der Waals surface area contributed by atoms with Gasteiger partial charge in [-0.05, 0) is 44.8 Å². The molecule has 1 saturated heterocycles. The van der Waals surface area contributed by atoms with E-state index in [-0.39, 0.29) is 24.9 Å². The molecule has 0 aromatic heterocycles. The molecule has 1 aromatic rings. The predicted octanol–water partition coefficient (Wildman–Crippen LogP) is 1.04. The number of methoxy groups -OCH3 is 1. The molecule has 9 heteroatoms. The molecule has 4 aliphatic rings. The molecule has 2 heterocycles. The largest absolute Gasteiger partial charge is 0.486 e. The van der Waals surface area contributed by atoms with Crippen LogP contribution < -0.4 is 4.74 Å². The fraction of sp³-hybridized carbons (Fsp3) is 0.778. The summed E-state index contributed by atoms with van der Waals surface area (Å²) in [6, 6.07) is 4.15. The quantitative estimate of drug-likeness (QED) is 0.358. The normalized spacial score (nSPS) is 32.4. The van der Waals surface area contributed by atoms with Crippen LogP contribution in [0, 0.1) is 0 Å². The number of hydrogen-bond donors (Lipinski definition) is 2. The van der Waals surface area contributed by atoms with Crippen LogP contribution in [0.2, 0.25) is 0 Å². The minimum absolute atomic E-state index is 0.0606. The molecule has 2 aliphatic carbocycles. The Labute approximate surface area is 213 Å². The number of rotatable bonds is 14. The van der Waals surface area contributed by atoms with Gasteiger partial charge in [0.25, 0.3) is 0 Å². The number of likely N-dealkylation sites (tertiary alicyclic amines) is 1. The van der Waals surface area contributed by atoms with Gasteiger partial charge in [0.2, 0.25) is 0 Å². The number of likely N-dealkylation sites (N-methyl/N-ethyl adjacent to an activating group) is 1. The summed E-state index contributed by atoms with van der Waals surface area (Å²) in [5, 5.41) is 22.3. The van der Waals surface area contributed by atoms with E-state index < -0.39 is 11.0 Å². The van der Waals surface area contributed by atoms with Crippen molar-refractivity contribution in [3.8, 4) is 5.75 Å². The van der Waals surface area contributed by atoms with E-state index in [0.29, 0.717) is 59.3 Å². The molecule has 0 radical (unpaired) electrons. The first-order chi connectivity index (χ1) is 17.6. The van der Waals surface area contributed by atoms with E-state index in [1.54, 1.807) is 7.11 Å². The highest BCUT2D eigenvalue weighted by molar-refractivity contribution is 5.60. The molecule has 1 unspecified atom stereocenters. The zero-order valence-corrected chi connectivity index (χ0v) is 21.6. The van der Waals surface area contributed by atoms with Gasteiger partial charge in [0.1, 0.15) is 11.9 Å². The summed E-state index contributed by atoms with van der Waals surface area (Å²) in [5.41, 5.74) is 1.79. The summed E-state index contributed by atoms with van der Waals surface area (Å²) in [5.74, 6) is 0.775. The highest BCUT2D eigenvalue weighted by atomic mass is 16.6. The number of benzene rings is 1. The third kappa shape index (κ3) is 4.37. The van der Waals surface area contributed by atoms with Crippen LogP contribution in [-0.4, -0.2) is 113 Å². The first-order valence-electron chi connectivity index (χ1n) is 13.3. The number of aliphatic hydroxyl groups excluding tert-OH is 1. The van der Waals surface area contributed by atoms with Crippen molar-refractivity contribution in [3.05, 3.63) is 28.8 Å². The molecule has 5 atom stereocenters. The van der Waals surface area contributed by atoms with Crippen LogP contribution in [0.15, 0.2) is 12.1 Å². The van der Waals surface area contributed by atoms with Crippen LogP contribution in [0.1, 0.15) is 36.0 Å². The molecule has 1 saturated carbocycles. The van der Waals surface area contributed by atoms with E-state index in [2.05, 4.69) is 18.0 Å². The minimum Gasteiger partial charge on any atom is -0.486 e. The Bertz CT molecular complexity index is 899. The Morgan fingerprint density at radius 3 is 2.39 bits per heavy atom. The number of aliphatic hydroxyl groups is 2. The van der Waals surface area contributed by atoms with Gasteiger partial charge in [0.05, 0.1) is 76.6 Å².